The third-order valence-corrected chi connectivity index (χ3v) is 5.05. The summed E-state index contributed by atoms with van der Waals surface area (Å²) in [4.78, 5) is 0. The van der Waals surface area contributed by atoms with Crippen LogP contribution in [0.1, 0.15) is 11.1 Å². The van der Waals surface area contributed by atoms with E-state index in [0.29, 0.717) is 15.2 Å². The number of nitrogens with zero attached hydrogens (tertiary/aromatic N) is 4. The lowest BCUT2D eigenvalue weighted by atomic mass is 10.2. The van der Waals surface area contributed by atoms with Crippen molar-refractivity contribution in [3.8, 4) is 0 Å². The van der Waals surface area contributed by atoms with E-state index in [9.17, 15) is 0 Å². The predicted octanol–water partition coefficient (Wildman–Crippen LogP) is 5.41. The number of halogens is 3. The van der Waals surface area contributed by atoms with E-state index in [-0.39, 0.29) is 0 Å². The first-order valence-electron chi connectivity index (χ1n) is 6.88. The molecule has 0 amide bonds. The Bertz CT molecular complexity index is 862. The van der Waals surface area contributed by atoms with Gasteiger partial charge in [0.2, 0.25) is 5.16 Å². The van der Waals surface area contributed by atoms with Crippen LogP contribution < -0.4 is 0 Å². The molecule has 1 heterocycles. The minimum atomic E-state index is 0.488. The summed E-state index contributed by atoms with van der Waals surface area (Å²) in [6, 6.07) is 13.0. The normalized spacial score (nSPS) is 11.3. The van der Waals surface area contributed by atoms with Gasteiger partial charge in [0.05, 0.1) is 16.3 Å². The van der Waals surface area contributed by atoms with Crippen LogP contribution in [0.15, 0.2) is 59.0 Å². The Morgan fingerprint density at radius 2 is 1.83 bits per heavy atom. The highest BCUT2D eigenvalue weighted by Gasteiger charge is 2.05. The molecule has 8 heteroatoms. The van der Waals surface area contributed by atoms with Crippen molar-refractivity contribution in [1.82, 2.24) is 14.9 Å². The maximum absolute atomic E-state index is 6.00. The van der Waals surface area contributed by atoms with Gasteiger partial charge >= 0.3 is 0 Å². The van der Waals surface area contributed by atoms with Crippen LogP contribution in [-0.2, 0) is 5.75 Å². The van der Waals surface area contributed by atoms with Crippen LogP contribution in [0.2, 0.25) is 15.1 Å². The van der Waals surface area contributed by atoms with Crippen molar-refractivity contribution in [1.29, 1.82) is 0 Å². The van der Waals surface area contributed by atoms with Gasteiger partial charge in [0, 0.05) is 10.8 Å². The average Bonchev–Trinajstić information content (AvgIpc) is 3.03. The number of rotatable bonds is 5. The SMILES string of the molecule is Clc1ccc(CSc2nncn2/N=C\c2ccc(Cl)c(Cl)c2)cc1. The van der Waals surface area contributed by atoms with Gasteiger partial charge in [-0.05, 0) is 35.4 Å². The lowest BCUT2D eigenvalue weighted by Crippen LogP contribution is -1.93. The van der Waals surface area contributed by atoms with E-state index < -0.39 is 0 Å². The molecule has 4 nitrogen and oxygen atoms in total. The lowest BCUT2D eigenvalue weighted by Gasteiger charge is -2.02. The van der Waals surface area contributed by atoms with Gasteiger partial charge in [0.1, 0.15) is 6.33 Å². The first-order chi connectivity index (χ1) is 11.6. The van der Waals surface area contributed by atoms with Crippen molar-refractivity contribution in [2.45, 2.75) is 10.9 Å². The Kier molecular flexibility index (Phi) is 5.79. The largest absolute Gasteiger partial charge is 0.212 e. The van der Waals surface area contributed by atoms with Crippen LogP contribution >= 0.6 is 46.6 Å². The van der Waals surface area contributed by atoms with Gasteiger partial charge in [-0.1, -0.05) is 64.8 Å². The summed E-state index contributed by atoms with van der Waals surface area (Å²) in [7, 11) is 0. The standard InChI is InChI=1S/C16H11Cl3N4S/c17-13-4-1-11(2-5-13)9-24-16-22-20-10-23(16)21-8-12-3-6-14(18)15(19)7-12/h1-8,10H,9H2/b21-8-. The van der Waals surface area contributed by atoms with Gasteiger partial charge in [0.25, 0.3) is 0 Å². The van der Waals surface area contributed by atoms with Crippen LogP contribution in [0, 0.1) is 0 Å². The Labute approximate surface area is 158 Å². The molecular formula is C16H11Cl3N4S. The van der Waals surface area contributed by atoms with Gasteiger partial charge in [-0.3, -0.25) is 0 Å². The topological polar surface area (TPSA) is 43.1 Å². The number of hydrogen-bond acceptors (Lipinski definition) is 4. The minimum absolute atomic E-state index is 0.488. The Balaban J connectivity index is 1.69. The molecule has 1 aromatic heterocycles. The molecule has 0 fully saturated rings. The number of hydrogen-bond donors (Lipinski definition) is 0. The highest BCUT2D eigenvalue weighted by Crippen LogP contribution is 2.23. The molecule has 0 saturated carbocycles. The summed E-state index contributed by atoms with van der Waals surface area (Å²) in [5.74, 6) is 0.748. The summed E-state index contributed by atoms with van der Waals surface area (Å²) < 4.78 is 1.61. The van der Waals surface area contributed by atoms with E-state index >= 15 is 0 Å². The fourth-order valence-electron chi connectivity index (χ4n) is 1.84. The van der Waals surface area contributed by atoms with Crippen LogP contribution in [0.25, 0.3) is 0 Å². The van der Waals surface area contributed by atoms with E-state index in [0.717, 1.165) is 21.9 Å². The fourth-order valence-corrected chi connectivity index (χ4v) is 3.10. The minimum Gasteiger partial charge on any atom is -0.195 e. The molecule has 0 aliphatic rings. The molecule has 3 rings (SSSR count). The zero-order valence-electron chi connectivity index (χ0n) is 12.2. The summed E-state index contributed by atoms with van der Waals surface area (Å²) in [5.41, 5.74) is 1.99. The first kappa shape index (κ1) is 17.3. The molecule has 0 aliphatic carbocycles. The van der Waals surface area contributed by atoms with Crippen LogP contribution in [-0.4, -0.2) is 21.1 Å². The Morgan fingerprint density at radius 3 is 2.58 bits per heavy atom. The van der Waals surface area contributed by atoms with E-state index in [4.69, 9.17) is 34.8 Å². The van der Waals surface area contributed by atoms with Crippen LogP contribution in [0.5, 0.6) is 0 Å². The predicted molar refractivity (Wildman–Crippen MR) is 100 cm³/mol. The molecule has 122 valence electrons. The van der Waals surface area contributed by atoms with Crippen molar-refractivity contribution in [3.05, 3.63) is 75.0 Å². The van der Waals surface area contributed by atoms with Crippen molar-refractivity contribution in [2.75, 3.05) is 0 Å². The molecule has 0 saturated heterocycles. The molecule has 3 aromatic rings. The summed E-state index contributed by atoms with van der Waals surface area (Å²) in [5, 5.41) is 14.8. The van der Waals surface area contributed by atoms with E-state index in [1.165, 1.54) is 11.8 Å². The summed E-state index contributed by atoms with van der Waals surface area (Å²) in [6.07, 6.45) is 3.23. The van der Waals surface area contributed by atoms with Gasteiger partial charge in [0.15, 0.2) is 0 Å². The molecule has 0 bridgehead atoms. The van der Waals surface area contributed by atoms with Gasteiger partial charge in [-0.15, -0.1) is 10.2 Å². The molecule has 0 unspecified atom stereocenters. The summed E-state index contributed by atoms with van der Waals surface area (Å²) in [6.45, 7) is 0. The van der Waals surface area contributed by atoms with E-state index in [2.05, 4.69) is 15.3 Å². The maximum Gasteiger partial charge on any atom is 0.212 e. The highest BCUT2D eigenvalue weighted by atomic mass is 35.5. The van der Waals surface area contributed by atoms with Crippen LogP contribution in [0.4, 0.5) is 0 Å². The lowest BCUT2D eigenvalue weighted by molar-refractivity contribution is 0.767. The monoisotopic (exact) mass is 396 g/mol. The molecule has 0 aliphatic heterocycles. The van der Waals surface area contributed by atoms with Gasteiger partial charge < -0.3 is 0 Å². The fraction of sp³-hybridized carbons (Fsp3) is 0.0625. The number of benzene rings is 2. The second-order valence-corrected chi connectivity index (χ2v) is 6.98. The van der Waals surface area contributed by atoms with Crippen molar-refractivity contribution < 1.29 is 0 Å². The van der Waals surface area contributed by atoms with Gasteiger partial charge in [-0.25, -0.2) is 0 Å². The molecular weight excluding hydrogens is 387 g/mol. The average molecular weight is 398 g/mol. The molecule has 0 atom stereocenters. The molecule has 24 heavy (non-hydrogen) atoms. The second kappa shape index (κ2) is 8.03. The van der Waals surface area contributed by atoms with E-state index in [1.54, 1.807) is 29.4 Å². The zero-order valence-corrected chi connectivity index (χ0v) is 15.3. The third-order valence-electron chi connectivity index (χ3n) is 3.06. The van der Waals surface area contributed by atoms with Gasteiger partial charge in [-0.2, -0.15) is 9.78 Å². The Morgan fingerprint density at radius 1 is 1.04 bits per heavy atom. The van der Waals surface area contributed by atoms with E-state index in [1.807, 2.05) is 30.3 Å². The Hall–Kier alpha value is -1.53. The van der Waals surface area contributed by atoms with Crippen LogP contribution in [0.3, 0.4) is 0 Å². The van der Waals surface area contributed by atoms with Crippen molar-refractivity contribution in [3.63, 3.8) is 0 Å². The second-order valence-electron chi connectivity index (χ2n) is 4.79. The molecule has 2 aromatic carbocycles. The van der Waals surface area contributed by atoms with Crippen molar-refractivity contribution >= 4 is 52.8 Å². The molecule has 0 N–H and O–H groups in total. The summed E-state index contributed by atoms with van der Waals surface area (Å²) >= 11 is 19.3. The third kappa shape index (κ3) is 4.51. The smallest absolute Gasteiger partial charge is 0.195 e. The number of aromatic nitrogens is 3. The quantitative estimate of drug-likeness (QED) is 0.427. The molecule has 0 spiro atoms. The maximum atomic E-state index is 6.00. The zero-order chi connectivity index (χ0) is 16.9. The molecule has 0 radical (unpaired) electrons. The highest BCUT2D eigenvalue weighted by molar-refractivity contribution is 7.98. The van der Waals surface area contributed by atoms with Crippen molar-refractivity contribution in [2.24, 2.45) is 5.10 Å². The first-order valence-corrected chi connectivity index (χ1v) is 9.00. The number of thioether (sulfide) groups is 1.